The van der Waals surface area contributed by atoms with E-state index in [2.05, 4.69) is 9.80 Å². The summed E-state index contributed by atoms with van der Waals surface area (Å²) in [6.07, 6.45) is 1.40. The van der Waals surface area contributed by atoms with Crippen molar-refractivity contribution in [2.24, 2.45) is 5.41 Å². The summed E-state index contributed by atoms with van der Waals surface area (Å²) in [4.78, 5) is 27.9. The topological polar surface area (TPSA) is 60.9 Å². The molecule has 1 N–H and O–H groups in total. The first-order valence-electron chi connectivity index (χ1n) is 8.86. The van der Waals surface area contributed by atoms with Crippen LogP contribution in [0.2, 0.25) is 0 Å². The quantitative estimate of drug-likeness (QED) is 0.731. The van der Waals surface area contributed by atoms with Gasteiger partial charge < -0.3 is 10.0 Å². The number of carboxylic acid groups (broad SMARTS) is 1. The first-order chi connectivity index (χ1) is 11.9. The Bertz CT molecular complexity index is 581. The lowest BCUT2D eigenvalue weighted by Crippen LogP contribution is -2.47. The number of aliphatic carboxylic acids is 1. The molecule has 0 aromatic heterocycles. The fourth-order valence-electron chi connectivity index (χ4n) is 3.50. The van der Waals surface area contributed by atoms with Gasteiger partial charge in [0, 0.05) is 31.9 Å². The van der Waals surface area contributed by atoms with Crippen LogP contribution in [0.15, 0.2) is 24.3 Å². The van der Waals surface area contributed by atoms with E-state index in [0.717, 1.165) is 38.4 Å². The third-order valence-corrected chi connectivity index (χ3v) is 5.33. The summed E-state index contributed by atoms with van der Waals surface area (Å²) in [5, 5.41) is 9.44. The number of carbonyl (C=O) groups is 2. The third-order valence-electron chi connectivity index (χ3n) is 5.33. The van der Waals surface area contributed by atoms with E-state index in [4.69, 9.17) is 0 Å². The molecule has 0 radical (unpaired) electrons. The van der Waals surface area contributed by atoms with Crippen LogP contribution < -0.4 is 4.90 Å². The number of nitrogens with zero attached hydrogens (tertiary/aromatic N) is 2. The molecule has 1 heterocycles. The number of ketones is 1. The van der Waals surface area contributed by atoms with Crippen molar-refractivity contribution in [2.45, 2.75) is 33.1 Å². The van der Waals surface area contributed by atoms with Crippen molar-refractivity contribution in [3.63, 3.8) is 0 Å². The zero-order valence-corrected chi connectivity index (χ0v) is 15.0. The molecule has 5 nitrogen and oxygen atoms in total. The van der Waals surface area contributed by atoms with E-state index in [1.807, 2.05) is 0 Å². The molecule has 138 valence electrons. The van der Waals surface area contributed by atoms with Crippen molar-refractivity contribution in [1.82, 2.24) is 4.90 Å². The van der Waals surface area contributed by atoms with Crippen LogP contribution in [0.4, 0.5) is 10.1 Å². The number of Topliss-reactive ketones (excluding diaryl/α,β-unsaturated/α-hetero) is 1. The maximum Gasteiger partial charge on any atom is 0.317 e. The molecule has 1 saturated heterocycles. The highest BCUT2D eigenvalue weighted by molar-refractivity contribution is 6.01. The number of anilines is 1. The van der Waals surface area contributed by atoms with Crippen LogP contribution in [0.5, 0.6) is 0 Å². The molecule has 1 fully saturated rings. The van der Waals surface area contributed by atoms with Crippen LogP contribution in [0.3, 0.4) is 0 Å². The van der Waals surface area contributed by atoms with Crippen molar-refractivity contribution in [3.05, 3.63) is 30.1 Å². The van der Waals surface area contributed by atoms with Gasteiger partial charge in [0.2, 0.25) is 0 Å². The van der Waals surface area contributed by atoms with Crippen molar-refractivity contribution in [2.75, 3.05) is 37.6 Å². The van der Waals surface area contributed by atoms with Gasteiger partial charge >= 0.3 is 5.97 Å². The van der Waals surface area contributed by atoms with E-state index in [-0.39, 0.29) is 11.6 Å². The Morgan fingerprint density at radius 2 is 1.76 bits per heavy atom. The summed E-state index contributed by atoms with van der Waals surface area (Å²) in [6.45, 7) is 7.40. The highest BCUT2D eigenvalue weighted by atomic mass is 19.1. The Morgan fingerprint density at radius 1 is 1.16 bits per heavy atom. The zero-order valence-electron chi connectivity index (χ0n) is 15.0. The number of piperazine rings is 1. The minimum absolute atomic E-state index is 0.231. The van der Waals surface area contributed by atoms with Gasteiger partial charge in [0.1, 0.15) is 17.0 Å². The normalized spacial score (nSPS) is 18.0. The summed E-state index contributed by atoms with van der Waals surface area (Å²) < 4.78 is 13.0. The number of hydrogen-bond acceptors (Lipinski definition) is 4. The second kappa shape index (κ2) is 8.43. The molecule has 0 saturated carbocycles. The number of hydrogen-bond donors (Lipinski definition) is 1. The minimum atomic E-state index is -1.24. The molecule has 1 atom stereocenters. The van der Waals surface area contributed by atoms with Crippen LogP contribution >= 0.6 is 0 Å². The van der Waals surface area contributed by atoms with E-state index in [0.29, 0.717) is 19.3 Å². The second-order valence-corrected chi connectivity index (χ2v) is 6.71. The van der Waals surface area contributed by atoms with Gasteiger partial charge in [0.15, 0.2) is 0 Å². The Hall–Kier alpha value is -1.95. The van der Waals surface area contributed by atoms with Gasteiger partial charge in [-0.25, -0.2) is 4.39 Å². The van der Waals surface area contributed by atoms with E-state index in [1.165, 1.54) is 19.1 Å². The summed E-state index contributed by atoms with van der Waals surface area (Å²) in [6, 6.07) is 6.53. The smallest absolute Gasteiger partial charge is 0.317 e. The maximum atomic E-state index is 13.0. The lowest BCUT2D eigenvalue weighted by Gasteiger charge is -2.36. The Morgan fingerprint density at radius 3 is 2.24 bits per heavy atom. The van der Waals surface area contributed by atoms with Gasteiger partial charge in [0.25, 0.3) is 0 Å². The van der Waals surface area contributed by atoms with Crippen molar-refractivity contribution < 1.29 is 19.1 Å². The Balaban J connectivity index is 1.81. The van der Waals surface area contributed by atoms with E-state index in [1.54, 1.807) is 19.1 Å². The monoisotopic (exact) mass is 350 g/mol. The number of benzene rings is 1. The third kappa shape index (κ3) is 4.57. The molecule has 6 heteroatoms. The predicted molar refractivity (Wildman–Crippen MR) is 95.3 cm³/mol. The molecule has 1 aromatic carbocycles. The van der Waals surface area contributed by atoms with Crippen LogP contribution in [0.1, 0.15) is 33.1 Å². The highest BCUT2D eigenvalue weighted by Crippen LogP contribution is 2.30. The SMILES string of the molecule is CCC(CCCN1CCN(c2ccc(F)cc2)CC1)(C(C)=O)C(=O)O. The van der Waals surface area contributed by atoms with Gasteiger partial charge in [-0.1, -0.05) is 6.92 Å². The molecular weight excluding hydrogens is 323 g/mol. The molecule has 1 aliphatic rings. The van der Waals surface area contributed by atoms with Crippen LogP contribution in [-0.2, 0) is 9.59 Å². The molecule has 0 amide bonds. The van der Waals surface area contributed by atoms with Gasteiger partial charge in [0.05, 0.1) is 0 Å². The number of rotatable bonds is 8. The number of halogens is 1. The predicted octanol–water partition coefficient (Wildman–Crippen LogP) is 2.80. The fraction of sp³-hybridized carbons (Fsp3) is 0.579. The highest BCUT2D eigenvalue weighted by Gasteiger charge is 2.41. The minimum Gasteiger partial charge on any atom is -0.480 e. The summed E-state index contributed by atoms with van der Waals surface area (Å²) >= 11 is 0. The Kier molecular flexibility index (Phi) is 6.53. The van der Waals surface area contributed by atoms with E-state index < -0.39 is 11.4 Å². The van der Waals surface area contributed by atoms with Crippen molar-refractivity contribution in [1.29, 1.82) is 0 Å². The van der Waals surface area contributed by atoms with Gasteiger partial charge in [-0.3, -0.25) is 14.5 Å². The number of carboxylic acids is 1. The molecule has 2 rings (SSSR count). The summed E-state index contributed by atoms with van der Waals surface area (Å²) in [5.41, 5.74) is -0.218. The molecule has 25 heavy (non-hydrogen) atoms. The van der Waals surface area contributed by atoms with Crippen LogP contribution in [0.25, 0.3) is 0 Å². The van der Waals surface area contributed by atoms with Gasteiger partial charge in [-0.15, -0.1) is 0 Å². The van der Waals surface area contributed by atoms with Gasteiger partial charge in [-0.2, -0.15) is 0 Å². The lowest BCUT2D eigenvalue weighted by atomic mass is 9.77. The molecule has 0 aliphatic carbocycles. The standard InChI is InChI=1S/C19H27FN2O3/c1-3-19(15(2)23,18(24)25)9-4-10-21-11-13-22(14-12-21)17-7-5-16(20)6-8-17/h5-8H,3-4,9-14H2,1-2H3,(H,24,25). The molecule has 0 spiro atoms. The largest absolute Gasteiger partial charge is 0.480 e. The molecule has 0 bridgehead atoms. The molecular formula is C19H27FN2O3. The Labute approximate surface area is 148 Å². The van der Waals surface area contributed by atoms with Gasteiger partial charge in [-0.05, 0) is 57.0 Å². The maximum absolute atomic E-state index is 13.0. The van der Waals surface area contributed by atoms with Crippen molar-refractivity contribution in [3.8, 4) is 0 Å². The first-order valence-corrected chi connectivity index (χ1v) is 8.86. The average Bonchev–Trinajstić information content (AvgIpc) is 2.59. The van der Waals surface area contributed by atoms with E-state index in [9.17, 15) is 19.1 Å². The first kappa shape index (κ1) is 19.4. The lowest BCUT2D eigenvalue weighted by molar-refractivity contribution is -0.155. The molecule has 1 unspecified atom stereocenters. The molecule has 1 aliphatic heterocycles. The average molecular weight is 350 g/mol. The summed E-state index contributed by atoms with van der Waals surface area (Å²) in [5.74, 6) is -1.50. The number of carbonyl (C=O) groups excluding carboxylic acids is 1. The second-order valence-electron chi connectivity index (χ2n) is 6.71. The van der Waals surface area contributed by atoms with Crippen LogP contribution in [-0.4, -0.2) is 54.5 Å². The zero-order chi connectivity index (χ0) is 18.4. The van der Waals surface area contributed by atoms with E-state index >= 15 is 0 Å². The van der Waals surface area contributed by atoms with Crippen LogP contribution in [0, 0.1) is 11.2 Å². The fourth-order valence-corrected chi connectivity index (χ4v) is 3.50. The molecule has 1 aromatic rings. The summed E-state index contributed by atoms with van der Waals surface area (Å²) in [7, 11) is 0. The van der Waals surface area contributed by atoms with Crippen molar-refractivity contribution >= 4 is 17.4 Å².